The van der Waals surface area contributed by atoms with Crippen molar-refractivity contribution in [1.82, 2.24) is 5.39 Å². The molecule has 4 heteroatoms. The summed E-state index contributed by atoms with van der Waals surface area (Å²) in [7, 11) is 1.89. The maximum absolute atomic E-state index is 4.90. The lowest BCUT2D eigenvalue weighted by atomic mass is 10.3. The van der Waals surface area contributed by atoms with E-state index in [1.54, 1.807) is 0 Å². The quantitative estimate of drug-likeness (QED) is 0.305. The first kappa shape index (κ1) is 4.94. The molecular weight excluding hydrogens is 66.8 g/mol. The van der Waals surface area contributed by atoms with Crippen LogP contribution in [0.2, 0.25) is 0 Å². The molecule has 0 saturated heterocycles. The Balaban J connectivity index is 2.19. The van der Waals surface area contributed by atoms with Crippen molar-refractivity contribution in [2.75, 3.05) is 7.11 Å². The molecule has 0 radical (unpaired) electrons. The topological polar surface area (TPSA) is 47.3 Å². The second-order valence-electron chi connectivity index (χ2n) is 0.553. The fourth-order valence-electron chi connectivity index (χ4n) is 0.0833. The molecule has 0 fully saturated rings. The molecule has 0 aromatic carbocycles. The van der Waals surface area contributed by atoms with Gasteiger partial charge in [0.15, 0.2) is 0 Å². The van der Waals surface area contributed by atoms with Crippen molar-refractivity contribution in [3.63, 3.8) is 0 Å². The van der Waals surface area contributed by atoms with E-state index in [1.165, 1.54) is 7.11 Å². The Bertz CT molecular complexity index is 17.1. The Morgan fingerprint density at radius 2 is 2.60 bits per heavy atom. The van der Waals surface area contributed by atoms with Crippen LogP contribution in [0, 0.1) is 0 Å². The Morgan fingerprint density at radius 3 is 2.60 bits per heavy atom. The van der Waals surface area contributed by atoms with Gasteiger partial charge in [-0.1, -0.05) is 0 Å². The summed E-state index contributed by atoms with van der Waals surface area (Å²) in [6.07, 6.45) is 0. The average Bonchev–Trinajstić information content (AvgIpc) is 1.41. The third-order valence-electron chi connectivity index (χ3n) is 0.228. The molecule has 0 aromatic rings. The van der Waals surface area contributed by atoms with Crippen LogP contribution >= 0.6 is 0 Å². The van der Waals surface area contributed by atoms with Gasteiger partial charge in [0.1, 0.15) is 0 Å². The van der Waals surface area contributed by atoms with Gasteiger partial charge in [0, 0.05) is 0 Å². The molecule has 0 amide bonds. The summed E-state index contributed by atoms with van der Waals surface area (Å²) in [5.41, 5.74) is 4.90. The summed E-state index contributed by atoms with van der Waals surface area (Å²) in [5, 5.41) is 2.39. The lowest BCUT2D eigenvalue weighted by molar-refractivity contribution is 0.153. The smallest absolute Gasteiger partial charge is 0.310 e. The van der Waals surface area contributed by atoms with Crippen molar-refractivity contribution in [2.45, 2.75) is 0 Å². The number of nitrogens with one attached hydrogen (secondary N) is 1. The summed E-state index contributed by atoms with van der Waals surface area (Å²) >= 11 is 0. The molecule has 0 bridgehead atoms. The number of hydrogen-bond acceptors (Lipinski definition) is 3. The van der Waals surface area contributed by atoms with Crippen molar-refractivity contribution in [3.05, 3.63) is 0 Å². The van der Waals surface area contributed by atoms with E-state index in [0.717, 1.165) is 0 Å². The van der Waals surface area contributed by atoms with Gasteiger partial charge in [-0.15, -0.1) is 0 Å². The molecule has 3 N–H and O–H groups in total. The molecule has 0 aliphatic carbocycles. The number of rotatable bonds is 2. The third kappa shape index (κ3) is 3.94. The zero-order valence-corrected chi connectivity index (χ0v) is 3.19. The van der Waals surface area contributed by atoms with Crippen molar-refractivity contribution >= 4 is 7.55 Å². The largest absolute Gasteiger partial charge is 0.357 e. The van der Waals surface area contributed by atoms with E-state index < -0.39 is 0 Å². The van der Waals surface area contributed by atoms with E-state index in [1.807, 2.05) is 0 Å². The van der Waals surface area contributed by atoms with Gasteiger partial charge in [-0.25, -0.2) is 5.39 Å². The number of hydrogen-bond donors (Lipinski definition) is 2. The first-order valence-corrected chi connectivity index (χ1v) is 1.37. The van der Waals surface area contributed by atoms with Crippen molar-refractivity contribution in [2.24, 2.45) is 5.64 Å². The fraction of sp³-hybridized carbons (Fsp3) is 1.00. The summed E-state index contributed by atoms with van der Waals surface area (Å²) in [6.45, 7) is 0. The molecule has 0 saturated carbocycles. The van der Waals surface area contributed by atoms with E-state index >= 15 is 0 Å². The van der Waals surface area contributed by atoms with E-state index in [2.05, 4.69) is 10.2 Å². The van der Waals surface area contributed by atoms with Crippen LogP contribution in [0.25, 0.3) is 0 Å². The zero-order chi connectivity index (χ0) is 4.12. The summed E-state index contributed by atoms with van der Waals surface area (Å²) in [5.74, 6) is 0. The Morgan fingerprint density at radius 1 is 2.00 bits per heavy atom. The summed E-state index contributed by atoms with van der Waals surface area (Å²) in [4.78, 5) is 4.32. The highest BCUT2D eigenvalue weighted by atomic mass is 16.6. The Hall–Kier alpha value is -0.0551. The van der Waals surface area contributed by atoms with E-state index in [-0.39, 0.29) is 0 Å². The zero-order valence-electron chi connectivity index (χ0n) is 3.19. The van der Waals surface area contributed by atoms with Crippen molar-refractivity contribution in [1.29, 1.82) is 0 Å². The van der Waals surface area contributed by atoms with Crippen LogP contribution in [0.1, 0.15) is 0 Å². The van der Waals surface area contributed by atoms with Crippen molar-refractivity contribution < 1.29 is 4.84 Å². The molecule has 3 nitrogen and oxygen atoms in total. The van der Waals surface area contributed by atoms with Gasteiger partial charge in [-0.2, -0.15) is 0 Å². The molecule has 0 spiro atoms. The van der Waals surface area contributed by atoms with Gasteiger partial charge in [-0.05, 0) is 0 Å². The van der Waals surface area contributed by atoms with Crippen LogP contribution in [-0.2, 0) is 4.84 Å². The lowest BCUT2D eigenvalue weighted by Crippen LogP contribution is -2.25. The molecule has 0 aromatic heterocycles. The highest BCUT2D eigenvalue weighted by molar-refractivity contribution is 6.26. The first-order chi connectivity index (χ1) is 2.41. The van der Waals surface area contributed by atoms with Crippen LogP contribution in [0.3, 0.4) is 0 Å². The average molecular weight is 73.9 g/mol. The summed E-state index contributed by atoms with van der Waals surface area (Å²) < 4.78 is 0. The van der Waals surface area contributed by atoms with Gasteiger partial charge in [0.25, 0.3) is 0 Å². The van der Waals surface area contributed by atoms with Gasteiger partial charge in [0.05, 0.1) is 7.11 Å². The fourth-order valence-corrected chi connectivity index (χ4v) is 0.0833. The maximum atomic E-state index is 4.90. The normalized spacial score (nSPS) is 7.60. The van der Waals surface area contributed by atoms with Gasteiger partial charge in [0.2, 0.25) is 0 Å². The minimum absolute atomic E-state index is 0.372. The first-order valence-electron chi connectivity index (χ1n) is 1.37. The monoisotopic (exact) mass is 74.1 g/mol. The van der Waals surface area contributed by atoms with Crippen LogP contribution in [0.4, 0.5) is 0 Å². The molecule has 0 aliphatic heterocycles. The highest BCUT2D eigenvalue weighted by Gasteiger charge is 1.67. The van der Waals surface area contributed by atoms with Crippen LogP contribution < -0.4 is 11.0 Å². The standard InChI is InChI=1S/CH7BN2O/c1-5-4-2-3/h2,4H,3H2,1H3. The Labute approximate surface area is 31.7 Å². The van der Waals surface area contributed by atoms with Crippen molar-refractivity contribution in [3.8, 4) is 0 Å². The maximum Gasteiger partial charge on any atom is 0.310 e. The molecule has 0 heterocycles. The molecule has 0 rings (SSSR count). The second kappa shape index (κ2) is 3.94. The molecular formula is CH7BN2O. The van der Waals surface area contributed by atoms with Gasteiger partial charge in [-0.3, -0.25) is 0 Å². The number of nitrogens with two attached hydrogens (primary N) is 1. The molecule has 0 aliphatic rings. The van der Waals surface area contributed by atoms with E-state index in [9.17, 15) is 0 Å². The molecule has 0 unspecified atom stereocenters. The minimum Gasteiger partial charge on any atom is -0.357 e. The van der Waals surface area contributed by atoms with Gasteiger partial charge < -0.3 is 10.5 Å². The summed E-state index contributed by atoms with van der Waals surface area (Å²) in [6, 6.07) is 0. The van der Waals surface area contributed by atoms with E-state index in [4.69, 9.17) is 5.64 Å². The SMILES string of the molecule is CONBN. The van der Waals surface area contributed by atoms with E-state index in [0.29, 0.717) is 7.55 Å². The lowest BCUT2D eigenvalue weighted by Gasteiger charge is -1.86. The Kier molecular flexibility index (Phi) is 3.90. The minimum atomic E-state index is 0.372. The van der Waals surface area contributed by atoms with Crippen LogP contribution in [0.15, 0.2) is 0 Å². The molecule has 0 atom stereocenters. The predicted octanol–water partition coefficient (Wildman–Crippen LogP) is -1.64. The third-order valence-corrected chi connectivity index (χ3v) is 0.228. The van der Waals surface area contributed by atoms with Crippen LogP contribution in [-0.4, -0.2) is 14.7 Å². The van der Waals surface area contributed by atoms with Gasteiger partial charge >= 0.3 is 7.55 Å². The predicted molar refractivity (Wildman–Crippen MR) is 21.5 cm³/mol. The highest BCUT2D eigenvalue weighted by Crippen LogP contribution is 1.35. The van der Waals surface area contributed by atoms with Crippen LogP contribution in [0.5, 0.6) is 0 Å². The molecule has 30 valence electrons. The molecule has 5 heavy (non-hydrogen) atoms. The second-order valence-corrected chi connectivity index (χ2v) is 0.553.